The number of carbonyl (C=O) groups excluding carboxylic acids is 1. The van der Waals surface area contributed by atoms with Crippen molar-refractivity contribution in [2.75, 3.05) is 0 Å². The number of rotatable bonds is 4. The topological polar surface area (TPSA) is 115 Å². The monoisotopic (exact) mass is 310 g/mol. The number of aliphatic carboxylic acids is 1. The van der Waals surface area contributed by atoms with E-state index in [9.17, 15) is 9.59 Å². The van der Waals surface area contributed by atoms with Gasteiger partial charge in [0.2, 0.25) is 0 Å². The van der Waals surface area contributed by atoms with Crippen molar-refractivity contribution in [1.29, 1.82) is 0 Å². The lowest BCUT2D eigenvalue weighted by Gasteiger charge is -1.90. The third kappa shape index (κ3) is 152. The Kier molecular flexibility index (Phi) is 28.7. The Labute approximate surface area is 128 Å². The van der Waals surface area contributed by atoms with Crippen LogP contribution in [0.5, 0.6) is 0 Å². The molecule has 0 aromatic heterocycles. The molecule has 0 aromatic rings. The molecule has 0 aliphatic heterocycles. The van der Waals surface area contributed by atoms with Crippen LogP contribution < -0.4 is 0 Å². The highest BCUT2D eigenvalue weighted by molar-refractivity contribution is 5.94. The van der Waals surface area contributed by atoms with Gasteiger partial charge in [-0.2, -0.15) is 0 Å². The maximum absolute atomic E-state index is 10.5. The fraction of sp³-hybridized carbons (Fsp3) is 0.867. The molecule has 6 nitrogen and oxygen atoms in total. The van der Waals surface area contributed by atoms with Crippen LogP contribution in [0.2, 0.25) is 0 Å². The van der Waals surface area contributed by atoms with Crippen molar-refractivity contribution in [2.24, 2.45) is 0 Å². The summed E-state index contributed by atoms with van der Waals surface area (Å²) >= 11 is 0. The Morgan fingerprint density at radius 3 is 1.19 bits per heavy atom. The van der Waals surface area contributed by atoms with Gasteiger partial charge < -0.3 is 20.4 Å². The SMILES string of the molecule is CC(C)O.CC(C)O.CC(C)O.CCCC(=O)CC(=O)O. The number of carbonyl (C=O) groups is 2. The van der Waals surface area contributed by atoms with Crippen molar-refractivity contribution in [2.45, 2.75) is 86.0 Å². The standard InChI is InChI=1S/C6H10O3.3C3H8O/c1-2-3-5(7)4-6(8)9;3*1-3(2)4/h2-4H2,1H3,(H,8,9);3*3-4H,1-2H3. The maximum atomic E-state index is 10.5. The van der Waals surface area contributed by atoms with E-state index < -0.39 is 5.97 Å². The van der Waals surface area contributed by atoms with Crippen LogP contribution >= 0.6 is 0 Å². The average Bonchev–Trinajstić information content (AvgIpc) is 2.12. The van der Waals surface area contributed by atoms with Crippen molar-refractivity contribution in [3.8, 4) is 0 Å². The van der Waals surface area contributed by atoms with E-state index in [0.717, 1.165) is 6.42 Å². The molecule has 0 spiro atoms. The Morgan fingerprint density at radius 1 is 0.810 bits per heavy atom. The molecule has 4 N–H and O–H groups in total. The number of aliphatic hydroxyl groups excluding tert-OH is 3. The Balaban J connectivity index is -0.000000102. The molecule has 0 saturated heterocycles. The predicted octanol–water partition coefficient (Wildman–Crippen LogP) is 1.99. The molecular weight excluding hydrogens is 276 g/mol. The number of hydrogen-bond acceptors (Lipinski definition) is 5. The molecule has 0 unspecified atom stereocenters. The van der Waals surface area contributed by atoms with E-state index in [1.807, 2.05) is 6.92 Å². The number of ketones is 1. The summed E-state index contributed by atoms with van der Waals surface area (Å²) in [7, 11) is 0. The van der Waals surface area contributed by atoms with Gasteiger partial charge in [-0.05, 0) is 48.0 Å². The molecule has 0 fully saturated rings. The van der Waals surface area contributed by atoms with Crippen molar-refractivity contribution in [1.82, 2.24) is 0 Å². The Hall–Kier alpha value is -0.980. The minimum atomic E-state index is -1.03. The molecule has 6 heteroatoms. The normalized spacial score (nSPS) is 9.00. The minimum Gasteiger partial charge on any atom is -0.481 e. The molecule has 21 heavy (non-hydrogen) atoms. The van der Waals surface area contributed by atoms with E-state index in [-0.39, 0.29) is 30.5 Å². The largest absolute Gasteiger partial charge is 0.481 e. The third-order valence-electron chi connectivity index (χ3n) is 0.877. The fourth-order valence-electron chi connectivity index (χ4n) is 0.536. The van der Waals surface area contributed by atoms with E-state index in [0.29, 0.717) is 6.42 Å². The first-order valence-electron chi connectivity index (χ1n) is 7.14. The molecule has 0 bridgehead atoms. The van der Waals surface area contributed by atoms with Crippen molar-refractivity contribution in [3.63, 3.8) is 0 Å². The summed E-state index contributed by atoms with van der Waals surface area (Å²) in [6.07, 6.45) is 0.284. The van der Waals surface area contributed by atoms with Gasteiger partial charge in [-0.25, -0.2) is 0 Å². The molecule has 0 atom stereocenters. The van der Waals surface area contributed by atoms with Crippen LogP contribution in [0.25, 0.3) is 0 Å². The first kappa shape index (κ1) is 28.2. The summed E-state index contributed by atoms with van der Waals surface area (Å²) in [4.78, 5) is 20.3. The van der Waals surface area contributed by atoms with Crippen LogP contribution in [0.3, 0.4) is 0 Å². The van der Waals surface area contributed by atoms with Gasteiger partial charge in [0.05, 0.1) is 0 Å². The van der Waals surface area contributed by atoms with E-state index >= 15 is 0 Å². The molecule has 130 valence electrons. The van der Waals surface area contributed by atoms with Gasteiger partial charge in [0.15, 0.2) is 0 Å². The van der Waals surface area contributed by atoms with Gasteiger partial charge >= 0.3 is 5.97 Å². The van der Waals surface area contributed by atoms with Crippen LogP contribution in [0.1, 0.15) is 67.7 Å². The summed E-state index contributed by atoms with van der Waals surface area (Å²) < 4.78 is 0. The number of carboxylic acid groups (broad SMARTS) is 1. The Bertz CT molecular complexity index is 202. The van der Waals surface area contributed by atoms with Gasteiger partial charge in [-0.15, -0.1) is 0 Å². The van der Waals surface area contributed by atoms with Gasteiger partial charge in [-0.1, -0.05) is 6.92 Å². The molecule has 0 aromatic carbocycles. The summed E-state index contributed by atoms with van der Waals surface area (Å²) in [5.41, 5.74) is 0. The second kappa shape index (κ2) is 21.3. The molecule has 0 aliphatic carbocycles. The van der Waals surface area contributed by atoms with Crippen LogP contribution in [-0.4, -0.2) is 50.5 Å². The first-order chi connectivity index (χ1) is 9.36. The van der Waals surface area contributed by atoms with Gasteiger partial charge in [0.25, 0.3) is 0 Å². The highest BCUT2D eigenvalue weighted by atomic mass is 16.4. The van der Waals surface area contributed by atoms with Crippen LogP contribution in [0.4, 0.5) is 0 Å². The number of carboxylic acids is 1. The molecule has 0 amide bonds. The Morgan fingerprint density at radius 2 is 1.05 bits per heavy atom. The first-order valence-corrected chi connectivity index (χ1v) is 7.14. The summed E-state index contributed by atoms with van der Waals surface area (Å²) in [5, 5.41) is 32.3. The summed E-state index contributed by atoms with van der Waals surface area (Å²) in [5.74, 6) is -1.22. The second-order valence-electron chi connectivity index (χ2n) is 5.14. The van der Waals surface area contributed by atoms with E-state index in [4.69, 9.17) is 20.4 Å². The van der Waals surface area contributed by atoms with Gasteiger partial charge in [-0.3, -0.25) is 9.59 Å². The van der Waals surface area contributed by atoms with Gasteiger partial charge in [0.1, 0.15) is 12.2 Å². The smallest absolute Gasteiger partial charge is 0.310 e. The summed E-state index contributed by atoms with van der Waals surface area (Å²) in [6.45, 7) is 12.2. The number of Topliss-reactive ketones (excluding diaryl/α,β-unsaturated/α-hetero) is 1. The van der Waals surface area contributed by atoms with Crippen molar-refractivity contribution >= 4 is 11.8 Å². The van der Waals surface area contributed by atoms with E-state index in [2.05, 4.69) is 0 Å². The average molecular weight is 310 g/mol. The van der Waals surface area contributed by atoms with E-state index in [1.54, 1.807) is 41.5 Å². The number of hydrogen-bond donors (Lipinski definition) is 4. The summed E-state index contributed by atoms with van der Waals surface area (Å²) in [6, 6.07) is 0. The molecule has 0 heterocycles. The van der Waals surface area contributed by atoms with Crippen molar-refractivity contribution < 1.29 is 30.0 Å². The molecule has 0 radical (unpaired) electrons. The zero-order valence-electron chi connectivity index (χ0n) is 14.5. The lowest BCUT2D eigenvalue weighted by Crippen LogP contribution is -2.05. The minimum absolute atomic E-state index is 0.167. The predicted molar refractivity (Wildman–Crippen MR) is 84.2 cm³/mol. The quantitative estimate of drug-likeness (QED) is 0.590. The zero-order valence-corrected chi connectivity index (χ0v) is 14.5. The van der Waals surface area contributed by atoms with Gasteiger partial charge in [0, 0.05) is 24.7 Å². The highest BCUT2D eigenvalue weighted by Gasteiger charge is 2.04. The number of aliphatic hydroxyl groups is 3. The lowest BCUT2D eigenvalue weighted by atomic mass is 10.2. The molecule has 0 rings (SSSR count). The fourth-order valence-corrected chi connectivity index (χ4v) is 0.536. The van der Waals surface area contributed by atoms with Crippen LogP contribution in [-0.2, 0) is 9.59 Å². The zero-order chi connectivity index (χ0) is 18.0. The molecule has 0 aliphatic rings. The molecular formula is C15H34O6. The van der Waals surface area contributed by atoms with Crippen LogP contribution in [0, 0.1) is 0 Å². The van der Waals surface area contributed by atoms with Crippen LogP contribution in [0.15, 0.2) is 0 Å². The maximum Gasteiger partial charge on any atom is 0.310 e. The van der Waals surface area contributed by atoms with Crippen molar-refractivity contribution in [3.05, 3.63) is 0 Å². The van der Waals surface area contributed by atoms with E-state index in [1.165, 1.54) is 0 Å². The lowest BCUT2D eigenvalue weighted by molar-refractivity contribution is -0.140. The third-order valence-corrected chi connectivity index (χ3v) is 0.877. The molecule has 0 saturated carbocycles. The highest BCUT2D eigenvalue weighted by Crippen LogP contribution is 1.92. The second-order valence-corrected chi connectivity index (χ2v) is 5.14.